The average molecular weight is 467 g/mol. The second-order valence-corrected chi connectivity index (χ2v) is 10.4. The fourth-order valence-corrected chi connectivity index (χ4v) is 5.89. The molecule has 0 bridgehead atoms. The standard InChI is InChI=1S/C29H42N2O3/c1-24-13-15-25(16-14-24)34-23-27(32)31(22-26-12-10-21-33-26)28-29(19-11-20-30-28)17-8-6-4-2-3-5-7-9-18-29/h10,12-16,21,28,30H,2-9,11,17-20,22-23H2,1H3. The summed E-state index contributed by atoms with van der Waals surface area (Å²) >= 11 is 0. The van der Waals surface area contributed by atoms with Crippen molar-refractivity contribution in [3.05, 3.63) is 54.0 Å². The van der Waals surface area contributed by atoms with Gasteiger partial charge in [-0.25, -0.2) is 0 Å². The fraction of sp³-hybridized carbons (Fsp3) is 0.621. The van der Waals surface area contributed by atoms with E-state index in [4.69, 9.17) is 9.15 Å². The summed E-state index contributed by atoms with van der Waals surface area (Å²) in [6, 6.07) is 11.8. The Morgan fingerprint density at radius 2 is 1.62 bits per heavy atom. The third kappa shape index (κ3) is 6.65. The molecule has 1 saturated carbocycles. The molecular weight excluding hydrogens is 424 g/mol. The molecule has 2 fully saturated rings. The number of benzene rings is 1. The molecule has 1 unspecified atom stereocenters. The topological polar surface area (TPSA) is 54.7 Å². The summed E-state index contributed by atoms with van der Waals surface area (Å²) in [5.74, 6) is 1.58. The van der Waals surface area contributed by atoms with Crippen LogP contribution in [0, 0.1) is 12.3 Å². The van der Waals surface area contributed by atoms with E-state index < -0.39 is 0 Å². The first-order chi connectivity index (χ1) is 16.7. The van der Waals surface area contributed by atoms with Crippen LogP contribution < -0.4 is 10.1 Å². The lowest BCUT2D eigenvalue weighted by molar-refractivity contribution is -0.144. The second-order valence-electron chi connectivity index (χ2n) is 10.4. The van der Waals surface area contributed by atoms with Gasteiger partial charge in [-0.1, -0.05) is 69.1 Å². The van der Waals surface area contributed by atoms with E-state index in [0.717, 1.165) is 18.1 Å². The van der Waals surface area contributed by atoms with Crippen molar-refractivity contribution in [3.63, 3.8) is 0 Å². The van der Waals surface area contributed by atoms with Crippen molar-refractivity contribution < 1.29 is 13.9 Å². The normalized spacial score (nSPS) is 21.5. The summed E-state index contributed by atoms with van der Waals surface area (Å²) < 4.78 is 11.6. The van der Waals surface area contributed by atoms with Gasteiger partial charge in [0.15, 0.2) is 6.61 Å². The molecule has 186 valence electrons. The molecule has 5 heteroatoms. The van der Waals surface area contributed by atoms with Gasteiger partial charge in [-0.2, -0.15) is 0 Å². The lowest BCUT2D eigenvalue weighted by Gasteiger charge is -2.50. The van der Waals surface area contributed by atoms with E-state index in [0.29, 0.717) is 6.54 Å². The molecule has 1 aliphatic carbocycles. The molecular formula is C29H42N2O3. The molecule has 1 aromatic carbocycles. The highest BCUT2D eigenvalue weighted by atomic mass is 16.5. The summed E-state index contributed by atoms with van der Waals surface area (Å²) in [5.41, 5.74) is 1.30. The predicted molar refractivity (Wildman–Crippen MR) is 136 cm³/mol. The van der Waals surface area contributed by atoms with E-state index in [9.17, 15) is 4.79 Å². The summed E-state index contributed by atoms with van der Waals surface area (Å²) in [6.45, 7) is 3.52. The molecule has 1 aromatic heterocycles. The van der Waals surface area contributed by atoms with Gasteiger partial charge in [-0.05, 0) is 63.4 Å². The number of aryl methyl sites for hydroxylation is 1. The minimum atomic E-state index is 0.0150. The van der Waals surface area contributed by atoms with Gasteiger partial charge in [0.25, 0.3) is 5.91 Å². The Hall–Kier alpha value is -2.27. The number of carbonyl (C=O) groups excluding carboxylic acids is 1. The Labute approximate surface area is 205 Å². The van der Waals surface area contributed by atoms with Gasteiger partial charge >= 0.3 is 0 Å². The Morgan fingerprint density at radius 1 is 0.971 bits per heavy atom. The number of hydrogen-bond donors (Lipinski definition) is 1. The van der Waals surface area contributed by atoms with E-state index >= 15 is 0 Å². The van der Waals surface area contributed by atoms with Gasteiger partial charge in [0.05, 0.1) is 19.0 Å². The van der Waals surface area contributed by atoms with Gasteiger partial charge in [0, 0.05) is 5.41 Å². The van der Waals surface area contributed by atoms with Crippen molar-refractivity contribution in [1.29, 1.82) is 0 Å². The highest BCUT2D eigenvalue weighted by molar-refractivity contribution is 5.78. The molecule has 1 amide bonds. The lowest BCUT2D eigenvalue weighted by atomic mass is 9.69. The number of nitrogens with zero attached hydrogens (tertiary/aromatic N) is 1. The summed E-state index contributed by atoms with van der Waals surface area (Å²) in [7, 11) is 0. The third-order valence-corrected chi connectivity index (χ3v) is 7.79. The number of piperidine rings is 1. The van der Waals surface area contributed by atoms with Crippen LogP contribution in [0.3, 0.4) is 0 Å². The number of nitrogens with one attached hydrogen (secondary N) is 1. The first kappa shape index (κ1) is 24.8. The fourth-order valence-electron chi connectivity index (χ4n) is 5.89. The van der Waals surface area contributed by atoms with Crippen molar-refractivity contribution in [2.45, 2.75) is 96.7 Å². The lowest BCUT2D eigenvalue weighted by Crippen LogP contribution is -2.61. The molecule has 4 rings (SSSR count). The minimum absolute atomic E-state index is 0.0150. The van der Waals surface area contributed by atoms with Crippen LogP contribution in [0.5, 0.6) is 5.75 Å². The van der Waals surface area contributed by atoms with Crippen molar-refractivity contribution in [3.8, 4) is 5.75 Å². The SMILES string of the molecule is Cc1ccc(OCC(=O)N(Cc2ccco2)C2NCCCC23CCCCCCCCCC3)cc1. The Morgan fingerprint density at radius 3 is 2.26 bits per heavy atom. The number of hydrogen-bond acceptors (Lipinski definition) is 4. The van der Waals surface area contributed by atoms with E-state index in [1.807, 2.05) is 41.3 Å². The molecule has 1 aliphatic heterocycles. The minimum Gasteiger partial charge on any atom is -0.484 e. The Balaban J connectivity index is 1.55. The number of rotatable bonds is 6. The summed E-state index contributed by atoms with van der Waals surface area (Å²) in [6.07, 6.45) is 17.0. The van der Waals surface area contributed by atoms with Crippen LogP contribution >= 0.6 is 0 Å². The van der Waals surface area contributed by atoms with Crippen molar-refractivity contribution in [2.24, 2.45) is 5.41 Å². The zero-order chi connectivity index (χ0) is 23.6. The summed E-state index contributed by atoms with van der Waals surface area (Å²) in [4.78, 5) is 15.7. The van der Waals surface area contributed by atoms with Crippen LogP contribution in [0.25, 0.3) is 0 Å². The van der Waals surface area contributed by atoms with E-state index in [1.165, 1.54) is 82.6 Å². The highest BCUT2D eigenvalue weighted by Crippen LogP contribution is 2.44. The molecule has 5 nitrogen and oxygen atoms in total. The molecule has 0 radical (unpaired) electrons. The molecule has 1 spiro atoms. The van der Waals surface area contributed by atoms with Gasteiger partial charge in [-0.15, -0.1) is 0 Å². The van der Waals surface area contributed by atoms with Gasteiger partial charge in [0.1, 0.15) is 11.5 Å². The number of amides is 1. The van der Waals surface area contributed by atoms with Crippen molar-refractivity contribution in [2.75, 3.05) is 13.2 Å². The first-order valence-corrected chi connectivity index (χ1v) is 13.4. The van der Waals surface area contributed by atoms with Crippen LogP contribution in [-0.2, 0) is 11.3 Å². The van der Waals surface area contributed by atoms with Crippen LogP contribution in [0.2, 0.25) is 0 Å². The van der Waals surface area contributed by atoms with Crippen LogP contribution in [0.15, 0.2) is 47.1 Å². The average Bonchev–Trinajstić information content (AvgIpc) is 3.35. The highest BCUT2D eigenvalue weighted by Gasteiger charge is 2.44. The molecule has 2 heterocycles. The van der Waals surface area contributed by atoms with Gasteiger partial charge in [0.2, 0.25) is 0 Å². The van der Waals surface area contributed by atoms with Crippen molar-refractivity contribution in [1.82, 2.24) is 10.2 Å². The predicted octanol–water partition coefficient (Wildman–Crippen LogP) is 6.61. The quantitative estimate of drug-likeness (QED) is 0.521. The largest absolute Gasteiger partial charge is 0.484 e. The molecule has 1 N–H and O–H groups in total. The molecule has 34 heavy (non-hydrogen) atoms. The summed E-state index contributed by atoms with van der Waals surface area (Å²) in [5, 5.41) is 3.79. The van der Waals surface area contributed by atoms with E-state index in [2.05, 4.69) is 12.2 Å². The smallest absolute Gasteiger partial charge is 0.262 e. The van der Waals surface area contributed by atoms with E-state index in [-0.39, 0.29) is 24.1 Å². The number of ether oxygens (including phenoxy) is 1. The van der Waals surface area contributed by atoms with Crippen LogP contribution in [0.4, 0.5) is 0 Å². The molecule has 2 aliphatic rings. The van der Waals surface area contributed by atoms with Crippen LogP contribution in [0.1, 0.15) is 88.4 Å². The molecule has 2 aromatic rings. The van der Waals surface area contributed by atoms with E-state index in [1.54, 1.807) is 6.26 Å². The maximum atomic E-state index is 13.7. The number of furan rings is 1. The zero-order valence-corrected chi connectivity index (χ0v) is 20.9. The van der Waals surface area contributed by atoms with Gasteiger partial charge < -0.3 is 14.1 Å². The Bertz CT molecular complexity index is 850. The van der Waals surface area contributed by atoms with Crippen LogP contribution in [-0.4, -0.2) is 30.1 Å². The third-order valence-electron chi connectivity index (χ3n) is 7.79. The Kier molecular flexibility index (Phi) is 9.09. The molecule has 1 saturated heterocycles. The second kappa shape index (κ2) is 12.4. The first-order valence-electron chi connectivity index (χ1n) is 13.4. The maximum absolute atomic E-state index is 13.7. The maximum Gasteiger partial charge on any atom is 0.262 e. The van der Waals surface area contributed by atoms with Crippen molar-refractivity contribution >= 4 is 5.91 Å². The zero-order valence-electron chi connectivity index (χ0n) is 20.9. The number of carbonyl (C=O) groups is 1. The molecule has 1 atom stereocenters. The van der Waals surface area contributed by atoms with Gasteiger partial charge in [-0.3, -0.25) is 10.1 Å². The monoisotopic (exact) mass is 466 g/mol.